The summed E-state index contributed by atoms with van der Waals surface area (Å²) in [6.07, 6.45) is -4.20. The van der Waals surface area contributed by atoms with Crippen molar-refractivity contribution in [3.63, 3.8) is 0 Å². The Bertz CT molecular complexity index is 879. The number of alkyl halides is 3. The van der Waals surface area contributed by atoms with Gasteiger partial charge in [0.1, 0.15) is 18.1 Å². The summed E-state index contributed by atoms with van der Waals surface area (Å²) in [6.45, 7) is 0.271. The average Bonchev–Trinajstić information content (AvgIpc) is 2.66. The van der Waals surface area contributed by atoms with Crippen LogP contribution in [0.3, 0.4) is 0 Å². The van der Waals surface area contributed by atoms with Crippen molar-refractivity contribution in [3.05, 3.63) is 70.9 Å². The first kappa shape index (κ1) is 22.3. The molecule has 154 valence electrons. The number of imide groups is 1. The van der Waals surface area contributed by atoms with Crippen molar-refractivity contribution in [2.24, 2.45) is 0 Å². The van der Waals surface area contributed by atoms with E-state index < -0.39 is 17.8 Å². The van der Waals surface area contributed by atoms with E-state index in [1.807, 2.05) is 0 Å². The van der Waals surface area contributed by atoms with Crippen LogP contribution in [0.15, 0.2) is 60.3 Å². The van der Waals surface area contributed by atoms with Crippen molar-refractivity contribution in [1.82, 2.24) is 4.90 Å². The fourth-order valence-corrected chi connectivity index (χ4v) is 2.47. The Balaban J connectivity index is 2.12. The molecule has 0 saturated carbocycles. The molecule has 0 radical (unpaired) electrons. The summed E-state index contributed by atoms with van der Waals surface area (Å²) in [5, 5.41) is 0.605. The number of allylic oxidation sites excluding steroid dienone is 1. The summed E-state index contributed by atoms with van der Waals surface area (Å²) in [7, 11) is 2.31. The number of amides is 2. The Morgan fingerprint density at radius 3 is 2.14 bits per heavy atom. The van der Waals surface area contributed by atoms with Gasteiger partial charge in [0.2, 0.25) is 6.41 Å². The monoisotopic (exact) mass is 426 g/mol. The fourth-order valence-electron chi connectivity index (χ4n) is 2.34. The molecule has 0 heterocycles. The fraction of sp³-hybridized carbons (Fsp3) is 0.200. The topological polar surface area (TPSA) is 49.9 Å². The van der Waals surface area contributed by atoms with Crippen LogP contribution in [0.1, 0.15) is 5.56 Å². The number of hydrogen-bond acceptors (Lipinski definition) is 4. The van der Waals surface area contributed by atoms with Gasteiger partial charge >= 0.3 is 6.18 Å². The van der Waals surface area contributed by atoms with Gasteiger partial charge < -0.3 is 9.64 Å². The van der Waals surface area contributed by atoms with Crippen LogP contribution in [0.4, 0.5) is 18.9 Å². The first-order chi connectivity index (χ1) is 13.6. The molecule has 0 atom stereocenters. The lowest BCUT2D eigenvalue weighted by Gasteiger charge is -2.21. The number of rotatable bonds is 7. The number of carbonyl (C=O) groups is 2. The first-order valence-electron chi connectivity index (χ1n) is 8.34. The molecular weight excluding hydrogens is 409 g/mol. The first-order valence-corrected chi connectivity index (χ1v) is 8.71. The number of anilines is 1. The van der Waals surface area contributed by atoms with Gasteiger partial charge in [0.05, 0.1) is 5.69 Å². The lowest BCUT2D eigenvalue weighted by atomic mass is 10.2. The quantitative estimate of drug-likeness (QED) is 0.486. The molecule has 29 heavy (non-hydrogen) atoms. The Hall–Kier alpha value is -3.00. The van der Waals surface area contributed by atoms with Gasteiger partial charge in [-0.15, -0.1) is 0 Å². The predicted molar refractivity (Wildman–Crippen MR) is 104 cm³/mol. The molecule has 0 unspecified atom stereocenters. The van der Waals surface area contributed by atoms with E-state index in [4.69, 9.17) is 16.3 Å². The van der Waals surface area contributed by atoms with E-state index >= 15 is 0 Å². The molecule has 0 aromatic heterocycles. The summed E-state index contributed by atoms with van der Waals surface area (Å²) in [5.41, 5.74) is -0.172. The molecule has 5 nitrogen and oxygen atoms in total. The van der Waals surface area contributed by atoms with Crippen molar-refractivity contribution < 1.29 is 27.5 Å². The highest BCUT2D eigenvalue weighted by atomic mass is 35.5. The van der Waals surface area contributed by atoms with E-state index in [1.54, 1.807) is 24.3 Å². The molecule has 2 aromatic rings. The second-order valence-corrected chi connectivity index (χ2v) is 6.58. The maximum Gasteiger partial charge on any atom is 0.431 e. The van der Waals surface area contributed by atoms with E-state index in [1.165, 1.54) is 24.3 Å². The van der Waals surface area contributed by atoms with Crippen LogP contribution in [0, 0.1) is 0 Å². The van der Waals surface area contributed by atoms with E-state index in [9.17, 15) is 22.8 Å². The highest BCUT2D eigenvalue weighted by Crippen LogP contribution is 2.27. The van der Waals surface area contributed by atoms with Gasteiger partial charge in [0, 0.05) is 25.2 Å². The molecule has 0 aliphatic carbocycles. The Morgan fingerprint density at radius 2 is 1.66 bits per heavy atom. The van der Waals surface area contributed by atoms with Gasteiger partial charge in [0.25, 0.3) is 5.91 Å². The summed E-state index contributed by atoms with van der Waals surface area (Å²) in [4.78, 5) is 24.9. The lowest BCUT2D eigenvalue weighted by molar-refractivity contribution is -0.121. The smallest absolute Gasteiger partial charge is 0.431 e. The van der Waals surface area contributed by atoms with Crippen molar-refractivity contribution in [3.8, 4) is 5.75 Å². The third-order valence-corrected chi connectivity index (χ3v) is 4.06. The molecular formula is C20H18ClF3N2O3. The van der Waals surface area contributed by atoms with Gasteiger partial charge in [-0.25, -0.2) is 4.90 Å². The van der Waals surface area contributed by atoms with E-state index in [2.05, 4.69) is 0 Å². The van der Waals surface area contributed by atoms with Crippen molar-refractivity contribution in [2.75, 3.05) is 19.0 Å². The molecule has 2 rings (SSSR count). The molecule has 0 aliphatic heterocycles. The lowest BCUT2D eigenvalue weighted by Crippen LogP contribution is -2.32. The largest absolute Gasteiger partial charge is 0.489 e. The number of benzene rings is 2. The van der Waals surface area contributed by atoms with E-state index in [0.29, 0.717) is 21.7 Å². The van der Waals surface area contributed by atoms with Crippen molar-refractivity contribution >= 4 is 29.6 Å². The van der Waals surface area contributed by atoms with Crippen LogP contribution >= 0.6 is 11.6 Å². The molecule has 0 spiro atoms. The standard InChI is InChI=1S/C20H18ClF3N2O3/c1-25(2)18(20(22,23)24)11-19(28)26(13-27)16-7-9-17(10-8-16)29-12-14-3-5-15(21)6-4-14/h3-11,13H,12H2,1-2H3/b18-11-. The number of carbonyl (C=O) groups excluding carboxylic acids is 2. The minimum absolute atomic E-state index is 0.111. The Labute approximate surface area is 170 Å². The number of halogens is 4. The molecule has 9 heteroatoms. The zero-order valence-electron chi connectivity index (χ0n) is 15.6. The SMILES string of the molecule is CN(C)/C(=C\C(=O)N(C=O)c1ccc(OCc2ccc(Cl)cc2)cc1)C(F)(F)F. The van der Waals surface area contributed by atoms with Gasteiger partial charge in [0.15, 0.2) is 0 Å². The van der Waals surface area contributed by atoms with Gasteiger partial charge in [-0.3, -0.25) is 9.59 Å². The predicted octanol–water partition coefficient (Wildman–Crippen LogP) is 4.42. The second kappa shape index (κ2) is 9.47. The van der Waals surface area contributed by atoms with E-state index in [0.717, 1.165) is 24.6 Å². The van der Waals surface area contributed by atoms with Crippen molar-refractivity contribution in [1.29, 1.82) is 0 Å². The maximum absolute atomic E-state index is 13.0. The number of hydrogen-bond donors (Lipinski definition) is 0. The molecule has 0 bridgehead atoms. The third-order valence-electron chi connectivity index (χ3n) is 3.81. The zero-order valence-corrected chi connectivity index (χ0v) is 16.4. The van der Waals surface area contributed by atoms with Gasteiger partial charge in [-0.2, -0.15) is 13.2 Å². The molecule has 0 aliphatic rings. The summed E-state index contributed by atoms with van der Waals surface area (Å²) < 4.78 is 44.6. The molecule has 2 amide bonds. The van der Waals surface area contributed by atoms with Crippen LogP contribution < -0.4 is 9.64 Å². The Morgan fingerprint density at radius 1 is 1.07 bits per heavy atom. The van der Waals surface area contributed by atoms with Crippen LogP contribution in [-0.2, 0) is 16.2 Å². The minimum atomic E-state index is -4.73. The molecule has 2 aromatic carbocycles. The number of ether oxygens (including phenoxy) is 1. The van der Waals surface area contributed by atoms with Crippen molar-refractivity contribution in [2.45, 2.75) is 12.8 Å². The second-order valence-electron chi connectivity index (χ2n) is 6.14. The number of nitrogens with zero attached hydrogens (tertiary/aromatic N) is 2. The van der Waals surface area contributed by atoms with Gasteiger partial charge in [-0.1, -0.05) is 23.7 Å². The zero-order chi connectivity index (χ0) is 21.6. The normalized spacial score (nSPS) is 11.7. The third kappa shape index (κ3) is 6.25. The molecule has 0 fully saturated rings. The van der Waals surface area contributed by atoms with Gasteiger partial charge in [-0.05, 0) is 42.0 Å². The Kier molecular flexibility index (Phi) is 7.28. The van der Waals surface area contributed by atoms with Crippen LogP contribution in [0.25, 0.3) is 0 Å². The maximum atomic E-state index is 13.0. The van der Waals surface area contributed by atoms with Crippen LogP contribution in [-0.4, -0.2) is 37.5 Å². The average molecular weight is 427 g/mol. The summed E-state index contributed by atoms with van der Waals surface area (Å²) in [6, 6.07) is 12.9. The summed E-state index contributed by atoms with van der Waals surface area (Å²) >= 11 is 5.82. The summed E-state index contributed by atoms with van der Waals surface area (Å²) in [5.74, 6) is -0.655. The van der Waals surface area contributed by atoms with Crippen LogP contribution in [0.2, 0.25) is 5.02 Å². The highest BCUT2D eigenvalue weighted by molar-refractivity contribution is 6.30. The van der Waals surface area contributed by atoms with Crippen LogP contribution in [0.5, 0.6) is 5.75 Å². The highest BCUT2D eigenvalue weighted by Gasteiger charge is 2.36. The molecule has 0 saturated heterocycles. The minimum Gasteiger partial charge on any atom is -0.489 e. The molecule has 0 N–H and O–H groups in total. The van der Waals surface area contributed by atoms with E-state index in [-0.39, 0.29) is 18.7 Å².